The third-order valence-corrected chi connectivity index (χ3v) is 2.10. The Labute approximate surface area is 98.0 Å². The lowest BCUT2D eigenvalue weighted by Gasteiger charge is -2.07. The number of alkyl halides is 3. The molecule has 0 atom stereocenters. The summed E-state index contributed by atoms with van der Waals surface area (Å²) in [7, 11) is 1.78. The smallest absolute Gasteiger partial charge is 0.398 e. The summed E-state index contributed by atoms with van der Waals surface area (Å²) < 4.78 is 37.3. The van der Waals surface area contributed by atoms with Gasteiger partial charge in [-0.1, -0.05) is 11.8 Å². The van der Waals surface area contributed by atoms with Crippen LogP contribution >= 0.6 is 0 Å². The first kappa shape index (κ1) is 13.4. The molecule has 0 amide bonds. The van der Waals surface area contributed by atoms with E-state index in [9.17, 15) is 13.2 Å². The van der Waals surface area contributed by atoms with Crippen molar-refractivity contribution in [2.45, 2.75) is 12.6 Å². The maximum atomic E-state index is 12.4. The molecule has 0 unspecified atom stereocenters. The molecule has 1 aromatic carbocycles. The van der Waals surface area contributed by atoms with Crippen LogP contribution < -0.4 is 11.1 Å². The van der Waals surface area contributed by atoms with E-state index in [-0.39, 0.29) is 11.3 Å². The molecule has 0 spiro atoms. The molecule has 0 radical (unpaired) electrons. The number of anilines is 1. The van der Waals surface area contributed by atoms with Gasteiger partial charge in [0.05, 0.1) is 5.56 Å². The van der Waals surface area contributed by atoms with Gasteiger partial charge in [0.2, 0.25) is 0 Å². The molecule has 17 heavy (non-hydrogen) atoms. The van der Waals surface area contributed by atoms with Gasteiger partial charge in [-0.05, 0) is 25.2 Å². The number of rotatable bonds is 2. The van der Waals surface area contributed by atoms with Crippen molar-refractivity contribution in [3.63, 3.8) is 0 Å². The van der Waals surface area contributed by atoms with E-state index in [1.54, 1.807) is 7.05 Å². The zero-order chi connectivity index (χ0) is 12.9. The summed E-state index contributed by atoms with van der Waals surface area (Å²) in [5.41, 5.74) is 5.31. The number of hydrogen-bond acceptors (Lipinski definition) is 2. The first-order valence-corrected chi connectivity index (χ1v) is 5.05. The van der Waals surface area contributed by atoms with Gasteiger partial charge in [0.1, 0.15) is 0 Å². The minimum absolute atomic E-state index is 0.218. The molecule has 1 rings (SSSR count). The molecule has 0 aliphatic carbocycles. The molecule has 0 saturated carbocycles. The summed E-state index contributed by atoms with van der Waals surface area (Å²) in [4.78, 5) is 0. The quantitative estimate of drug-likeness (QED) is 0.474. The molecule has 0 heterocycles. The van der Waals surface area contributed by atoms with E-state index in [4.69, 9.17) is 5.73 Å². The highest BCUT2D eigenvalue weighted by Crippen LogP contribution is 2.30. The van der Waals surface area contributed by atoms with Gasteiger partial charge in [0, 0.05) is 24.2 Å². The van der Waals surface area contributed by atoms with E-state index < -0.39 is 11.7 Å². The molecule has 0 aliphatic heterocycles. The summed E-state index contributed by atoms with van der Waals surface area (Å²) in [5.74, 6) is 5.41. The van der Waals surface area contributed by atoms with E-state index >= 15 is 0 Å². The van der Waals surface area contributed by atoms with Gasteiger partial charge in [-0.25, -0.2) is 0 Å². The number of benzene rings is 1. The molecular formula is C12H13F3N2. The van der Waals surface area contributed by atoms with Crippen LogP contribution in [0.4, 0.5) is 18.9 Å². The van der Waals surface area contributed by atoms with Gasteiger partial charge < -0.3 is 11.1 Å². The number of halogens is 3. The second-order valence-corrected chi connectivity index (χ2v) is 3.46. The number of nitrogens with one attached hydrogen (secondary N) is 1. The average molecular weight is 242 g/mol. The topological polar surface area (TPSA) is 38.0 Å². The standard InChI is InChI=1S/C12H13F3N2/c1-17-7-3-2-4-9-8-10(12(13,14)15)5-6-11(9)16/h5-6,8,17H,3,7,16H2,1H3. The molecule has 0 fully saturated rings. The predicted octanol–water partition coefficient (Wildman–Crippen LogP) is 2.25. The van der Waals surface area contributed by atoms with Crippen LogP contribution in [0, 0.1) is 11.8 Å². The van der Waals surface area contributed by atoms with Crippen LogP contribution in [0.2, 0.25) is 0 Å². The highest BCUT2D eigenvalue weighted by molar-refractivity contribution is 5.57. The van der Waals surface area contributed by atoms with E-state index in [1.807, 2.05) is 0 Å². The monoisotopic (exact) mass is 242 g/mol. The Morgan fingerprint density at radius 2 is 2.06 bits per heavy atom. The highest BCUT2D eigenvalue weighted by atomic mass is 19.4. The SMILES string of the molecule is CNCCC#Cc1cc(C(F)(F)F)ccc1N. The number of hydrogen-bond donors (Lipinski definition) is 2. The second-order valence-electron chi connectivity index (χ2n) is 3.46. The van der Waals surface area contributed by atoms with Crippen molar-refractivity contribution < 1.29 is 13.2 Å². The molecule has 0 saturated heterocycles. The molecule has 92 valence electrons. The third-order valence-electron chi connectivity index (χ3n) is 2.10. The Bertz CT molecular complexity index is 441. The Hall–Kier alpha value is -1.67. The van der Waals surface area contributed by atoms with Crippen LogP contribution in [-0.4, -0.2) is 13.6 Å². The van der Waals surface area contributed by atoms with Gasteiger partial charge in [0.25, 0.3) is 0 Å². The molecule has 0 bridgehead atoms. The fraction of sp³-hybridized carbons (Fsp3) is 0.333. The van der Waals surface area contributed by atoms with E-state index in [2.05, 4.69) is 17.2 Å². The largest absolute Gasteiger partial charge is 0.416 e. The summed E-state index contributed by atoms with van der Waals surface area (Å²) in [6.07, 6.45) is -3.80. The Balaban J connectivity index is 2.94. The van der Waals surface area contributed by atoms with Crippen molar-refractivity contribution in [3.8, 4) is 11.8 Å². The first-order valence-electron chi connectivity index (χ1n) is 5.05. The van der Waals surface area contributed by atoms with E-state index in [0.717, 1.165) is 12.1 Å². The summed E-state index contributed by atoms with van der Waals surface area (Å²) in [6.45, 7) is 0.686. The lowest BCUT2D eigenvalue weighted by atomic mass is 10.1. The first-order chi connectivity index (χ1) is 7.95. The van der Waals surface area contributed by atoms with Crippen LogP contribution in [0.15, 0.2) is 18.2 Å². The molecule has 3 N–H and O–H groups in total. The third kappa shape index (κ3) is 4.00. The van der Waals surface area contributed by atoms with Crippen LogP contribution in [0.5, 0.6) is 0 Å². The zero-order valence-electron chi connectivity index (χ0n) is 9.36. The lowest BCUT2D eigenvalue weighted by Crippen LogP contribution is -2.06. The fourth-order valence-electron chi connectivity index (χ4n) is 1.19. The Morgan fingerprint density at radius 3 is 2.65 bits per heavy atom. The zero-order valence-corrected chi connectivity index (χ0v) is 9.36. The minimum Gasteiger partial charge on any atom is -0.398 e. The average Bonchev–Trinajstić information content (AvgIpc) is 2.25. The van der Waals surface area contributed by atoms with Gasteiger partial charge in [0.15, 0.2) is 0 Å². The van der Waals surface area contributed by atoms with Crippen LogP contribution in [0.3, 0.4) is 0 Å². The van der Waals surface area contributed by atoms with Crippen molar-refractivity contribution in [1.82, 2.24) is 5.32 Å². The molecule has 2 nitrogen and oxygen atoms in total. The molecular weight excluding hydrogens is 229 g/mol. The Kier molecular flexibility index (Phi) is 4.41. The minimum atomic E-state index is -4.37. The number of nitrogen functional groups attached to an aromatic ring is 1. The Morgan fingerprint density at radius 1 is 1.35 bits per heavy atom. The van der Waals surface area contributed by atoms with Crippen LogP contribution in [-0.2, 0) is 6.18 Å². The second kappa shape index (κ2) is 5.60. The van der Waals surface area contributed by atoms with Crippen molar-refractivity contribution in [1.29, 1.82) is 0 Å². The molecule has 0 aliphatic rings. The van der Waals surface area contributed by atoms with Gasteiger partial charge in [-0.2, -0.15) is 13.2 Å². The van der Waals surface area contributed by atoms with E-state index in [0.29, 0.717) is 13.0 Å². The molecule has 5 heteroatoms. The highest BCUT2D eigenvalue weighted by Gasteiger charge is 2.30. The van der Waals surface area contributed by atoms with Crippen LogP contribution in [0.25, 0.3) is 0 Å². The maximum Gasteiger partial charge on any atom is 0.416 e. The van der Waals surface area contributed by atoms with Crippen molar-refractivity contribution in [2.75, 3.05) is 19.3 Å². The normalized spacial score (nSPS) is 10.8. The van der Waals surface area contributed by atoms with Gasteiger partial charge in [-0.15, -0.1) is 0 Å². The molecule has 0 aromatic heterocycles. The fourth-order valence-corrected chi connectivity index (χ4v) is 1.19. The summed E-state index contributed by atoms with van der Waals surface area (Å²) >= 11 is 0. The maximum absolute atomic E-state index is 12.4. The van der Waals surface area contributed by atoms with Crippen LogP contribution in [0.1, 0.15) is 17.5 Å². The molecule has 1 aromatic rings. The summed E-state index contributed by atoms with van der Waals surface area (Å²) in [6, 6.07) is 3.15. The predicted molar refractivity (Wildman–Crippen MR) is 61.3 cm³/mol. The summed E-state index contributed by atoms with van der Waals surface area (Å²) in [5, 5.41) is 2.89. The van der Waals surface area contributed by atoms with Crippen molar-refractivity contribution >= 4 is 5.69 Å². The van der Waals surface area contributed by atoms with Gasteiger partial charge in [-0.3, -0.25) is 0 Å². The van der Waals surface area contributed by atoms with Gasteiger partial charge >= 0.3 is 6.18 Å². The number of nitrogens with two attached hydrogens (primary N) is 1. The van der Waals surface area contributed by atoms with Crippen molar-refractivity contribution in [2.24, 2.45) is 0 Å². The van der Waals surface area contributed by atoms with E-state index in [1.165, 1.54) is 6.07 Å². The lowest BCUT2D eigenvalue weighted by molar-refractivity contribution is -0.137. The van der Waals surface area contributed by atoms with Crippen molar-refractivity contribution in [3.05, 3.63) is 29.3 Å².